The third-order valence-corrected chi connectivity index (χ3v) is 5.92. The summed E-state index contributed by atoms with van der Waals surface area (Å²) in [7, 11) is 0. The van der Waals surface area contributed by atoms with Crippen molar-refractivity contribution in [2.24, 2.45) is 5.41 Å². The minimum Gasteiger partial charge on any atom is -0.465 e. The molecule has 0 amide bonds. The Balaban J connectivity index is 4.63. The second-order valence-corrected chi connectivity index (χ2v) is 8.46. The van der Waals surface area contributed by atoms with Crippen LogP contribution in [0.1, 0.15) is 97.8 Å². The van der Waals surface area contributed by atoms with E-state index in [1.807, 2.05) is 0 Å². The molecule has 0 aliphatic heterocycles. The Morgan fingerprint density at radius 1 is 0.618 bits per heavy atom. The Morgan fingerprint density at radius 3 is 1.44 bits per heavy atom. The van der Waals surface area contributed by atoms with Crippen LogP contribution in [0.4, 0.5) is 30.7 Å². The zero-order chi connectivity index (χ0) is 26.5. The van der Waals surface area contributed by atoms with Crippen molar-refractivity contribution in [2.75, 3.05) is 13.2 Å². The van der Waals surface area contributed by atoms with Crippen molar-refractivity contribution in [3.8, 4) is 0 Å². The Kier molecular flexibility index (Phi) is 14.1. The van der Waals surface area contributed by atoms with Crippen LogP contribution in [0.2, 0.25) is 0 Å². The van der Waals surface area contributed by atoms with E-state index in [4.69, 9.17) is 4.74 Å². The summed E-state index contributed by atoms with van der Waals surface area (Å²) in [5.41, 5.74) is -2.07. The molecular weight excluding hydrogens is 473 g/mol. The molecule has 0 spiro atoms. The smallest absolute Gasteiger partial charge is 0.460 e. The lowest BCUT2D eigenvalue weighted by atomic mass is 9.82. The molecule has 0 N–H and O–H groups in total. The molecule has 4 nitrogen and oxygen atoms in total. The number of hydrogen-bond donors (Lipinski definition) is 0. The zero-order valence-electron chi connectivity index (χ0n) is 20.2. The van der Waals surface area contributed by atoms with E-state index >= 15 is 0 Å². The fourth-order valence-electron chi connectivity index (χ4n) is 3.40. The molecule has 0 bridgehead atoms. The van der Waals surface area contributed by atoms with Gasteiger partial charge in [0, 0.05) is 0 Å². The van der Waals surface area contributed by atoms with Gasteiger partial charge >= 0.3 is 30.0 Å². The summed E-state index contributed by atoms with van der Waals surface area (Å²) in [6, 6.07) is 0. The minimum atomic E-state index is -6.54. The third-order valence-electron chi connectivity index (χ3n) is 5.92. The van der Waals surface area contributed by atoms with Crippen LogP contribution < -0.4 is 0 Å². The van der Waals surface area contributed by atoms with Gasteiger partial charge in [-0.3, -0.25) is 9.59 Å². The van der Waals surface area contributed by atoms with Crippen molar-refractivity contribution in [1.82, 2.24) is 0 Å². The topological polar surface area (TPSA) is 52.6 Å². The molecule has 0 saturated carbocycles. The van der Waals surface area contributed by atoms with Gasteiger partial charge in [0.25, 0.3) is 0 Å². The Hall–Kier alpha value is -1.55. The van der Waals surface area contributed by atoms with E-state index in [9.17, 15) is 40.3 Å². The van der Waals surface area contributed by atoms with E-state index in [-0.39, 0.29) is 19.4 Å². The van der Waals surface area contributed by atoms with Crippen molar-refractivity contribution >= 4 is 11.9 Å². The summed E-state index contributed by atoms with van der Waals surface area (Å²) in [6.07, 6.45) is 3.33. The van der Waals surface area contributed by atoms with E-state index in [2.05, 4.69) is 11.7 Å². The van der Waals surface area contributed by atoms with Crippen molar-refractivity contribution in [1.29, 1.82) is 0 Å². The largest absolute Gasteiger partial charge is 0.465 e. The highest BCUT2D eigenvalue weighted by Crippen LogP contribution is 2.46. The quantitative estimate of drug-likeness (QED) is 0.0823. The summed E-state index contributed by atoms with van der Waals surface area (Å²) in [4.78, 5) is 24.8. The first-order valence-electron chi connectivity index (χ1n) is 11.9. The highest BCUT2D eigenvalue weighted by Gasteiger charge is 2.73. The first-order chi connectivity index (χ1) is 15.7. The second-order valence-electron chi connectivity index (χ2n) is 8.46. The zero-order valence-corrected chi connectivity index (χ0v) is 20.2. The summed E-state index contributed by atoms with van der Waals surface area (Å²) < 4.78 is 98.8. The molecule has 0 atom stereocenters. The number of alkyl halides is 7. The average Bonchev–Trinajstić information content (AvgIpc) is 2.76. The number of hydrogen-bond acceptors (Lipinski definition) is 4. The SMILES string of the molecule is CCCCCCCCCCCCOC(=O)C(CC)(CC)C(=O)OCC(F)(F)C(F)(F)C(F)(F)F. The molecule has 0 unspecified atom stereocenters. The number of rotatable bonds is 18. The van der Waals surface area contributed by atoms with Gasteiger partial charge in [0.1, 0.15) is 0 Å². The number of halogens is 7. The van der Waals surface area contributed by atoms with Crippen molar-refractivity contribution in [3.05, 3.63) is 0 Å². The third kappa shape index (κ3) is 9.24. The molecule has 0 saturated heterocycles. The van der Waals surface area contributed by atoms with Crippen LogP contribution in [-0.2, 0) is 19.1 Å². The number of unbranched alkanes of at least 4 members (excludes halogenated alkanes) is 9. The van der Waals surface area contributed by atoms with Gasteiger partial charge in [-0.05, 0) is 19.3 Å². The van der Waals surface area contributed by atoms with Gasteiger partial charge in [-0.2, -0.15) is 30.7 Å². The lowest BCUT2D eigenvalue weighted by Crippen LogP contribution is -2.55. The lowest BCUT2D eigenvalue weighted by molar-refractivity contribution is -0.360. The van der Waals surface area contributed by atoms with Crippen molar-refractivity contribution in [3.63, 3.8) is 0 Å². The Bertz CT molecular complexity index is 603. The fraction of sp³-hybridized carbons (Fsp3) is 0.913. The van der Waals surface area contributed by atoms with Crippen LogP contribution in [-0.4, -0.2) is 43.2 Å². The lowest BCUT2D eigenvalue weighted by Gasteiger charge is -2.30. The molecule has 0 aromatic heterocycles. The van der Waals surface area contributed by atoms with Gasteiger partial charge in [-0.15, -0.1) is 0 Å². The minimum absolute atomic E-state index is 0.0351. The maximum atomic E-state index is 13.4. The predicted octanol–water partition coefficient (Wildman–Crippen LogP) is 7.63. The van der Waals surface area contributed by atoms with Crippen LogP contribution in [0, 0.1) is 5.41 Å². The van der Waals surface area contributed by atoms with Gasteiger partial charge < -0.3 is 9.47 Å². The van der Waals surface area contributed by atoms with Crippen LogP contribution in [0.15, 0.2) is 0 Å². The summed E-state index contributed by atoms with van der Waals surface area (Å²) >= 11 is 0. The predicted molar refractivity (Wildman–Crippen MR) is 113 cm³/mol. The van der Waals surface area contributed by atoms with Crippen LogP contribution in [0.25, 0.3) is 0 Å². The van der Waals surface area contributed by atoms with E-state index < -0.39 is 42.0 Å². The second kappa shape index (κ2) is 14.8. The molecule has 34 heavy (non-hydrogen) atoms. The van der Waals surface area contributed by atoms with Gasteiger partial charge in [0.05, 0.1) is 6.61 Å². The van der Waals surface area contributed by atoms with Gasteiger partial charge in [0.15, 0.2) is 12.0 Å². The van der Waals surface area contributed by atoms with Gasteiger partial charge in [0.2, 0.25) is 0 Å². The fourth-order valence-corrected chi connectivity index (χ4v) is 3.40. The molecule has 0 aromatic carbocycles. The molecule has 0 aliphatic carbocycles. The van der Waals surface area contributed by atoms with Crippen molar-refractivity contribution in [2.45, 2.75) is 116 Å². The van der Waals surface area contributed by atoms with E-state index in [0.29, 0.717) is 6.42 Å². The van der Waals surface area contributed by atoms with E-state index in [0.717, 1.165) is 25.7 Å². The first-order valence-corrected chi connectivity index (χ1v) is 11.9. The highest BCUT2D eigenvalue weighted by molar-refractivity contribution is 6.00. The molecule has 0 aromatic rings. The average molecular weight is 511 g/mol. The summed E-state index contributed by atoms with van der Waals surface area (Å²) in [6.45, 7) is 2.31. The number of ether oxygens (including phenoxy) is 2. The number of carbonyl (C=O) groups is 2. The molecule has 202 valence electrons. The molecule has 0 radical (unpaired) electrons. The maximum Gasteiger partial charge on any atom is 0.460 e. The molecular formula is C23H37F7O4. The van der Waals surface area contributed by atoms with E-state index in [1.165, 1.54) is 46.0 Å². The molecule has 11 heteroatoms. The van der Waals surface area contributed by atoms with Gasteiger partial charge in [-0.1, -0.05) is 78.6 Å². The highest BCUT2D eigenvalue weighted by atomic mass is 19.4. The van der Waals surface area contributed by atoms with Crippen molar-refractivity contribution < 1.29 is 49.8 Å². The molecule has 0 fully saturated rings. The van der Waals surface area contributed by atoms with Crippen LogP contribution >= 0.6 is 0 Å². The van der Waals surface area contributed by atoms with Crippen LogP contribution in [0.5, 0.6) is 0 Å². The number of esters is 2. The Morgan fingerprint density at radius 2 is 1.03 bits per heavy atom. The number of carbonyl (C=O) groups excluding carboxylic acids is 2. The molecule has 0 rings (SSSR count). The summed E-state index contributed by atoms with van der Waals surface area (Å²) in [5.74, 6) is -14.8. The van der Waals surface area contributed by atoms with E-state index in [1.54, 1.807) is 0 Å². The molecule has 0 heterocycles. The Labute approximate surface area is 196 Å². The maximum absolute atomic E-state index is 13.4. The summed E-state index contributed by atoms with van der Waals surface area (Å²) in [5, 5.41) is 0. The van der Waals surface area contributed by atoms with Gasteiger partial charge in [-0.25, -0.2) is 0 Å². The molecule has 0 aliphatic rings. The normalized spacial score (nSPS) is 13.1. The monoisotopic (exact) mass is 510 g/mol. The standard InChI is InChI=1S/C23H37F7O4/c1-4-7-8-9-10-11-12-13-14-15-16-33-18(31)20(5-2,6-3)19(32)34-17-21(24,25)22(26,27)23(28,29)30/h4-17H2,1-3H3. The van der Waals surface area contributed by atoms with Crippen LogP contribution in [0.3, 0.4) is 0 Å². The first kappa shape index (κ1) is 32.5.